The zero-order chi connectivity index (χ0) is 19.2. The molecular formula is C20H23FN2O4. The van der Waals surface area contributed by atoms with Crippen LogP contribution in [0.3, 0.4) is 0 Å². The largest absolute Gasteiger partial charge is 0.466 e. The fourth-order valence-corrected chi connectivity index (χ4v) is 3.20. The second-order valence-electron chi connectivity index (χ2n) is 6.56. The number of rotatable bonds is 6. The first kappa shape index (κ1) is 19.1. The van der Waals surface area contributed by atoms with Gasteiger partial charge in [0.25, 0.3) is 0 Å². The molecule has 1 unspecified atom stereocenters. The number of halogens is 1. The minimum Gasteiger partial charge on any atom is -0.466 e. The molecule has 0 saturated carbocycles. The molecule has 3 rings (SSSR count). The predicted molar refractivity (Wildman–Crippen MR) is 96.2 cm³/mol. The molecule has 1 aromatic carbocycles. The van der Waals surface area contributed by atoms with Crippen LogP contribution in [-0.2, 0) is 20.7 Å². The normalized spacial score (nSPS) is 17.0. The number of nitrogens with zero attached hydrogens (tertiary/aromatic N) is 2. The van der Waals surface area contributed by atoms with E-state index in [1.165, 1.54) is 12.1 Å². The number of hydrogen-bond donors (Lipinski definition) is 0. The summed E-state index contributed by atoms with van der Waals surface area (Å²) in [4.78, 5) is 30.3. The molecule has 1 aliphatic rings. The molecule has 0 spiro atoms. The number of aryl methyl sites for hydroxylation is 1. The molecule has 1 saturated heterocycles. The minimum atomic E-state index is -0.313. The number of ether oxygens (including phenoxy) is 1. The van der Waals surface area contributed by atoms with E-state index in [0.29, 0.717) is 37.8 Å². The number of carbonyl (C=O) groups excluding carboxylic acids is 2. The van der Waals surface area contributed by atoms with E-state index in [9.17, 15) is 14.0 Å². The average Bonchev–Trinajstić information content (AvgIpc) is 3.16. The third-order valence-electron chi connectivity index (χ3n) is 4.63. The third kappa shape index (κ3) is 4.93. The summed E-state index contributed by atoms with van der Waals surface area (Å²) in [5.41, 5.74) is 0.731. The molecule has 0 bridgehead atoms. The van der Waals surface area contributed by atoms with Crippen molar-refractivity contribution in [1.29, 1.82) is 0 Å². The van der Waals surface area contributed by atoms with Crippen LogP contribution in [0.4, 0.5) is 4.39 Å². The Hall–Kier alpha value is -2.70. The second-order valence-corrected chi connectivity index (χ2v) is 6.56. The maximum atomic E-state index is 13.0. The number of oxazole rings is 1. The summed E-state index contributed by atoms with van der Waals surface area (Å²) < 4.78 is 23.7. The SMILES string of the molecule is CCOC(=O)C1CCCN(C(=O)CCc2ncc(-c3ccc(F)cc3)o2)C1. The molecule has 2 aromatic rings. The van der Waals surface area contributed by atoms with Crippen molar-refractivity contribution in [2.75, 3.05) is 19.7 Å². The molecule has 0 aliphatic carbocycles. The lowest BCUT2D eigenvalue weighted by Crippen LogP contribution is -2.42. The highest BCUT2D eigenvalue weighted by Gasteiger charge is 2.29. The quantitative estimate of drug-likeness (QED) is 0.726. The van der Waals surface area contributed by atoms with Crippen molar-refractivity contribution in [2.45, 2.75) is 32.6 Å². The molecule has 7 heteroatoms. The van der Waals surface area contributed by atoms with Crippen LogP contribution < -0.4 is 0 Å². The Bertz CT molecular complexity index is 788. The van der Waals surface area contributed by atoms with Crippen molar-refractivity contribution in [3.8, 4) is 11.3 Å². The van der Waals surface area contributed by atoms with E-state index in [2.05, 4.69) is 4.98 Å². The Labute approximate surface area is 157 Å². The van der Waals surface area contributed by atoms with Crippen molar-refractivity contribution >= 4 is 11.9 Å². The van der Waals surface area contributed by atoms with Crippen LogP contribution in [0.5, 0.6) is 0 Å². The van der Waals surface area contributed by atoms with Gasteiger partial charge in [0.05, 0.1) is 18.7 Å². The van der Waals surface area contributed by atoms with E-state index >= 15 is 0 Å². The minimum absolute atomic E-state index is 0.0227. The number of aromatic nitrogens is 1. The van der Waals surface area contributed by atoms with Gasteiger partial charge in [0, 0.05) is 31.5 Å². The van der Waals surface area contributed by atoms with Gasteiger partial charge in [-0.15, -0.1) is 0 Å². The number of likely N-dealkylation sites (tertiary alicyclic amines) is 1. The highest BCUT2D eigenvalue weighted by atomic mass is 19.1. The zero-order valence-corrected chi connectivity index (χ0v) is 15.3. The fraction of sp³-hybridized carbons (Fsp3) is 0.450. The molecule has 27 heavy (non-hydrogen) atoms. The van der Waals surface area contributed by atoms with Gasteiger partial charge in [0.1, 0.15) is 5.82 Å². The Balaban J connectivity index is 1.53. The molecule has 0 radical (unpaired) electrons. The summed E-state index contributed by atoms with van der Waals surface area (Å²) in [6.45, 7) is 3.19. The van der Waals surface area contributed by atoms with E-state index in [1.54, 1.807) is 30.2 Å². The summed E-state index contributed by atoms with van der Waals surface area (Å²) in [6.07, 6.45) is 3.76. The van der Waals surface area contributed by atoms with Crippen LogP contribution in [0.25, 0.3) is 11.3 Å². The molecule has 1 atom stereocenters. The van der Waals surface area contributed by atoms with E-state index < -0.39 is 0 Å². The van der Waals surface area contributed by atoms with Gasteiger partial charge >= 0.3 is 5.97 Å². The van der Waals surface area contributed by atoms with E-state index in [-0.39, 0.29) is 30.0 Å². The maximum absolute atomic E-state index is 13.0. The zero-order valence-electron chi connectivity index (χ0n) is 15.3. The topological polar surface area (TPSA) is 72.6 Å². The monoisotopic (exact) mass is 374 g/mol. The van der Waals surface area contributed by atoms with Gasteiger partial charge in [0.2, 0.25) is 5.91 Å². The van der Waals surface area contributed by atoms with Gasteiger partial charge in [0.15, 0.2) is 11.7 Å². The van der Waals surface area contributed by atoms with Crippen molar-refractivity contribution in [3.63, 3.8) is 0 Å². The maximum Gasteiger partial charge on any atom is 0.310 e. The van der Waals surface area contributed by atoms with Crippen molar-refractivity contribution < 1.29 is 23.1 Å². The predicted octanol–water partition coefficient (Wildman–Crippen LogP) is 3.22. The van der Waals surface area contributed by atoms with E-state index in [0.717, 1.165) is 18.4 Å². The molecule has 1 aromatic heterocycles. The van der Waals surface area contributed by atoms with Gasteiger partial charge in [-0.2, -0.15) is 0 Å². The van der Waals surface area contributed by atoms with Crippen LogP contribution in [0.15, 0.2) is 34.9 Å². The van der Waals surface area contributed by atoms with E-state index in [1.807, 2.05) is 0 Å². The van der Waals surface area contributed by atoms with Gasteiger partial charge < -0.3 is 14.1 Å². The van der Waals surface area contributed by atoms with Gasteiger partial charge in [-0.05, 0) is 44.0 Å². The van der Waals surface area contributed by atoms with Crippen LogP contribution >= 0.6 is 0 Å². The molecule has 6 nitrogen and oxygen atoms in total. The number of carbonyl (C=O) groups is 2. The fourth-order valence-electron chi connectivity index (χ4n) is 3.20. The number of hydrogen-bond acceptors (Lipinski definition) is 5. The lowest BCUT2D eigenvalue weighted by Gasteiger charge is -2.31. The van der Waals surface area contributed by atoms with Crippen LogP contribution in [0.1, 0.15) is 32.1 Å². The standard InChI is InChI=1S/C20H23FN2O4/c1-2-26-20(25)15-4-3-11-23(13-15)19(24)10-9-18-22-12-17(27-18)14-5-7-16(21)8-6-14/h5-8,12,15H,2-4,9-11,13H2,1H3. The van der Waals surface area contributed by atoms with Crippen LogP contribution in [-0.4, -0.2) is 41.5 Å². The van der Waals surface area contributed by atoms with Gasteiger partial charge in [-0.1, -0.05) is 0 Å². The number of benzene rings is 1. The molecule has 2 heterocycles. The van der Waals surface area contributed by atoms with Crippen molar-refractivity contribution in [3.05, 3.63) is 42.2 Å². The molecular weight excluding hydrogens is 351 g/mol. The first-order valence-corrected chi connectivity index (χ1v) is 9.22. The molecule has 144 valence electrons. The summed E-state index contributed by atoms with van der Waals surface area (Å²) in [5, 5.41) is 0. The summed E-state index contributed by atoms with van der Waals surface area (Å²) in [5.74, 6) is 0.192. The van der Waals surface area contributed by atoms with Crippen LogP contribution in [0.2, 0.25) is 0 Å². The smallest absolute Gasteiger partial charge is 0.310 e. The molecule has 0 N–H and O–H groups in total. The highest BCUT2D eigenvalue weighted by Crippen LogP contribution is 2.22. The van der Waals surface area contributed by atoms with Crippen molar-refractivity contribution in [1.82, 2.24) is 9.88 Å². The Morgan fingerprint density at radius 1 is 1.33 bits per heavy atom. The molecule has 1 aliphatic heterocycles. The summed E-state index contributed by atoms with van der Waals surface area (Å²) in [6, 6.07) is 5.96. The lowest BCUT2D eigenvalue weighted by atomic mass is 9.98. The van der Waals surface area contributed by atoms with Crippen molar-refractivity contribution in [2.24, 2.45) is 5.92 Å². The molecule has 1 fully saturated rings. The Morgan fingerprint density at radius 3 is 2.85 bits per heavy atom. The van der Waals surface area contributed by atoms with Gasteiger partial charge in [-0.25, -0.2) is 9.37 Å². The Kier molecular flexibility index (Phi) is 6.21. The van der Waals surface area contributed by atoms with Gasteiger partial charge in [-0.3, -0.25) is 9.59 Å². The summed E-state index contributed by atoms with van der Waals surface area (Å²) in [7, 11) is 0. The highest BCUT2D eigenvalue weighted by molar-refractivity contribution is 5.78. The Morgan fingerprint density at radius 2 is 2.11 bits per heavy atom. The second kappa shape index (κ2) is 8.79. The van der Waals surface area contributed by atoms with Crippen LogP contribution in [0, 0.1) is 11.7 Å². The summed E-state index contributed by atoms with van der Waals surface area (Å²) >= 11 is 0. The first-order valence-electron chi connectivity index (χ1n) is 9.22. The third-order valence-corrected chi connectivity index (χ3v) is 4.63. The first-order chi connectivity index (χ1) is 13.1. The molecule has 1 amide bonds. The number of piperidine rings is 1. The number of amides is 1. The average molecular weight is 374 g/mol. The number of esters is 1. The van der Waals surface area contributed by atoms with E-state index in [4.69, 9.17) is 9.15 Å². The lowest BCUT2D eigenvalue weighted by molar-refractivity contribution is -0.151.